The summed E-state index contributed by atoms with van der Waals surface area (Å²) < 4.78 is 1.48. The summed E-state index contributed by atoms with van der Waals surface area (Å²) in [6.07, 6.45) is 0.470. The van der Waals surface area contributed by atoms with Gasteiger partial charge in [-0.2, -0.15) is 9.78 Å². The summed E-state index contributed by atoms with van der Waals surface area (Å²) in [6, 6.07) is 32.9. The van der Waals surface area contributed by atoms with Crippen LogP contribution in [0.3, 0.4) is 0 Å². The molecular weight excluding hydrogens is 518 g/mol. The summed E-state index contributed by atoms with van der Waals surface area (Å²) in [4.78, 5) is 34.9. The number of hydrogen-bond acceptors (Lipinski definition) is 5. The van der Waals surface area contributed by atoms with Gasteiger partial charge in [0.15, 0.2) is 0 Å². The number of benzene rings is 3. The minimum atomic E-state index is -0.293. The highest BCUT2D eigenvalue weighted by Gasteiger charge is 2.19. The highest BCUT2D eigenvalue weighted by molar-refractivity contribution is 7.13. The zero-order valence-electron chi connectivity index (χ0n) is 21.7. The van der Waals surface area contributed by atoms with Crippen molar-refractivity contribution in [3.05, 3.63) is 141 Å². The lowest BCUT2D eigenvalue weighted by Crippen LogP contribution is -2.22. The maximum absolute atomic E-state index is 13.3. The fourth-order valence-electron chi connectivity index (χ4n) is 4.51. The molecule has 7 nitrogen and oxygen atoms in total. The van der Waals surface area contributed by atoms with E-state index in [9.17, 15) is 9.59 Å². The molecule has 0 bridgehead atoms. The highest BCUT2D eigenvalue weighted by atomic mass is 32.1. The first kappa shape index (κ1) is 25.2. The number of nitrogens with zero attached hydrogens (tertiary/aromatic N) is 3. The van der Waals surface area contributed by atoms with Crippen LogP contribution in [0.2, 0.25) is 0 Å². The number of amides is 1. The van der Waals surface area contributed by atoms with Crippen molar-refractivity contribution < 1.29 is 4.79 Å². The SMILES string of the molecule is Cc1nc(-n2nc(-c3cccs3)cc2NC(=O)c2ccc(-c3ccccc3)cc2)[nH]c(=O)c1Cc1ccccc1. The van der Waals surface area contributed by atoms with Gasteiger partial charge in [0.25, 0.3) is 11.5 Å². The van der Waals surface area contributed by atoms with E-state index in [1.807, 2.05) is 97.2 Å². The van der Waals surface area contributed by atoms with Crippen molar-refractivity contribution in [2.24, 2.45) is 0 Å². The maximum Gasteiger partial charge on any atom is 0.256 e. The maximum atomic E-state index is 13.3. The minimum Gasteiger partial charge on any atom is -0.306 e. The number of hydrogen-bond donors (Lipinski definition) is 2. The first-order chi connectivity index (χ1) is 19.5. The molecule has 0 aliphatic heterocycles. The van der Waals surface area contributed by atoms with E-state index in [2.05, 4.69) is 15.3 Å². The lowest BCUT2D eigenvalue weighted by atomic mass is 10.0. The van der Waals surface area contributed by atoms with E-state index >= 15 is 0 Å². The molecule has 6 rings (SSSR count). The van der Waals surface area contributed by atoms with Crippen molar-refractivity contribution in [1.82, 2.24) is 19.7 Å². The van der Waals surface area contributed by atoms with Crippen LogP contribution in [0.5, 0.6) is 0 Å². The Balaban J connectivity index is 1.33. The van der Waals surface area contributed by atoms with E-state index in [1.165, 1.54) is 16.0 Å². The van der Waals surface area contributed by atoms with Crippen molar-refractivity contribution in [3.8, 4) is 27.6 Å². The number of aromatic amines is 1. The zero-order valence-corrected chi connectivity index (χ0v) is 22.5. The Labute approximate surface area is 234 Å². The van der Waals surface area contributed by atoms with Crippen LogP contribution in [0.15, 0.2) is 113 Å². The van der Waals surface area contributed by atoms with Crippen LogP contribution in [0.1, 0.15) is 27.2 Å². The molecule has 0 spiro atoms. The molecule has 0 saturated heterocycles. The molecule has 1 amide bonds. The van der Waals surface area contributed by atoms with Gasteiger partial charge in [-0.3, -0.25) is 14.6 Å². The molecule has 196 valence electrons. The molecule has 0 unspecified atom stereocenters. The normalized spacial score (nSPS) is 10.9. The van der Waals surface area contributed by atoms with Crippen LogP contribution >= 0.6 is 11.3 Å². The fourth-order valence-corrected chi connectivity index (χ4v) is 5.19. The lowest BCUT2D eigenvalue weighted by molar-refractivity contribution is 0.102. The van der Waals surface area contributed by atoms with E-state index < -0.39 is 0 Å². The molecule has 6 aromatic rings. The molecule has 8 heteroatoms. The average molecular weight is 544 g/mol. The quantitative estimate of drug-likeness (QED) is 0.240. The second-order valence-electron chi connectivity index (χ2n) is 9.32. The van der Waals surface area contributed by atoms with Gasteiger partial charge in [-0.15, -0.1) is 11.3 Å². The Hall–Kier alpha value is -5.08. The summed E-state index contributed by atoms with van der Waals surface area (Å²) in [5.41, 5.74) is 5.24. The lowest BCUT2D eigenvalue weighted by Gasteiger charge is -2.11. The third-order valence-corrected chi connectivity index (χ3v) is 7.51. The molecule has 0 aliphatic carbocycles. The van der Waals surface area contributed by atoms with Crippen molar-refractivity contribution in [2.75, 3.05) is 5.32 Å². The molecular formula is C32H25N5O2S. The fraction of sp³-hybridized carbons (Fsp3) is 0.0625. The van der Waals surface area contributed by atoms with Gasteiger partial charge in [0.05, 0.1) is 10.6 Å². The number of carbonyl (C=O) groups is 1. The Morgan fingerprint density at radius 2 is 1.60 bits per heavy atom. The van der Waals surface area contributed by atoms with E-state index in [1.54, 1.807) is 18.2 Å². The number of nitrogens with one attached hydrogen (secondary N) is 2. The summed E-state index contributed by atoms with van der Waals surface area (Å²) >= 11 is 1.54. The Morgan fingerprint density at radius 1 is 0.900 bits per heavy atom. The Kier molecular flexibility index (Phi) is 6.91. The molecule has 3 aromatic heterocycles. The number of H-pyrrole nitrogens is 1. The van der Waals surface area contributed by atoms with Crippen LogP contribution < -0.4 is 10.9 Å². The average Bonchev–Trinajstić information content (AvgIpc) is 3.67. The van der Waals surface area contributed by atoms with Crippen LogP contribution in [0.4, 0.5) is 5.82 Å². The highest BCUT2D eigenvalue weighted by Crippen LogP contribution is 2.28. The number of carbonyl (C=O) groups excluding carboxylic acids is 1. The van der Waals surface area contributed by atoms with Crippen LogP contribution in [-0.4, -0.2) is 25.7 Å². The summed E-state index contributed by atoms with van der Waals surface area (Å²) in [7, 11) is 0. The minimum absolute atomic E-state index is 0.233. The van der Waals surface area contributed by atoms with Gasteiger partial charge in [-0.05, 0) is 47.2 Å². The number of aryl methyl sites for hydroxylation is 1. The predicted molar refractivity (Wildman–Crippen MR) is 159 cm³/mol. The molecule has 2 N–H and O–H groups in total. The van der Waals surface area contributed by atoms with Crippen molar-refractivity contribution in [2.45, 2.75) is 13.3 Å². The van der Waals surface area contributed by atoms with Gasteiger partial charge in [0.2, 0.25) is 5.95 Å². The summed E-state index contributed by atoms with van der Waals surface area (Å²) in [5.74, 6) is 0.342. The van der Waals surface area contributed by atoms with Crippen molar-refractivity contribution in [1.29, 1.82) is 0 Å². The van der Waals surface area contributed by atoms with Gasteiger partial charge in [-0.1, -0.05) is 78.9 Å². The molecule has 3 heterocycles. The topological polar surface area (TPSA) is 92.7 Å². The van der Waals surface area contributed by atoms with Crippen LogP contribution in [0, 0.1) is 6.92 Å². The second kappa shape index (κ2) is 11.0. The monoisotopic (exact) mass is 543 g/mol. The third kappa shape index (κ3) is 5.25. The largest absolute Gasteiger partial charge is 0.306 e. The zero-order chi connectivity index (χ0) is 27.5. The van der Waals surface area contributed by atoms with Gasteiger partial charge >= 0.3 is 0 Å². The summed E-state index contributed by atoms with van der Waals surface area (Å²) in [5, 5.41) is 9.63. The van der Waals surface area contributed by atoms with E-state index in [4.69, 9.17) is 5.10 Å². The Morgan fingerprint density at radius 3 is 2.27 bits per heavy atom. The van der Waals surface area contributed by atoms with Gasteiger partial charge in [-0.25, -0.2) is 4.98 Å². The predicted octanol–water partition coefficient (Wildman–Crippen LogP) is 6.50. The van der Waals surface area contributed by atoms with E-state index in [0.717, 1.165) is 21.6 Å². The smallest absolute Gasteiger partial charge is 0.256 e. The third-order valence-electron chi connectivity index (χ3n) is 6.61. The second-order valence-corrected chi connectivity index (χ2v) is 10.3. The molecule has 3 aromatic carbocycles. The Bertz CT molecular complexity index is 1820. The van der Waals surface area contributed by atoms with Crippen molar-refractivity contribution >= 4 is 23.1 Å². The van der Waals surface area contributed by atoms with Gasteiger partial charge < -0.3 is 5.32 Å². The summed E-state index contributed by atoms with van der Waals surface area (Å²) in [6.45, 7) is 1.81. The first-order valence-corrected chi connectivity index (χ1v) is 13.7. The molecule has 0 saturated carbocycles. The van der Waals surface area contributed by atoms with E-state index in [0.29, 0.717) is 34.8 Å². The molecule has 0 fully saturated rings. The van der Waals surface area contributed by atoms with Crippen LogP contribution in [0.25, 0.3) is 27.6 Å². The van der Waals surface area contributed by atoms with Gasteiger partial charge in [0.1, 0.15) is 11.5 Å². The standard InChI is InChI=1S/C32H25N5O2S/c1-21-26(19-22-9-4-2-5-10-22)31(39)35-32(33-21)37-29(20-27(36-37)28-13-8-18-40-28)34-30(38)25-16-14-24(15-17-25)23-11-6-3-7-12-23/h2-18,20H,19H2,1H3,(H,34,38)(H,33,35,39). The number of rotatable bonds is 7. The van der Waals surface area contributed by atoms with E-state index in [-0.39, 0.29) is 17.4 Å². The number of aromatic nitrogens is 4. The van der Waals surface area contributed by atoms with Crippen LogP contribution in [-0.2, 0) is 6.42 Å². The van der Waals surface area contributed by atoms with Gasteiger partial charge in [0, 0.05) is 23.6 Å². The van der Waals surface area contributed by atoms with Crippen molar-refractivity contribution in [3.63, 3.8) is 0 Å². The molecule has 40 heavy (non-hydrogen) atoms. The number of anilines is 1. The molecule has 0 radical (unpaired) electrons. The number of thiophene rings is 1. The first-order valence-electron chi connectivity index (χ1n) is 12.8. The molecule has 0 atom stereocenters. The molecule has 0 aliphatic rings.